The minimum Gasteiger partial charge on any atom is -0.325 e. The minimum absolute atomic E-state index is 0.575. The van der Waals surface area contributed by atoms with Crippen molar-refractivity contribution < 1.29 is 9.29 Å². The monoisotopic (exact) mass is 242 g/mol. The van der Waals surface area contributed by atoms with Crippen molar-refractivity contribution in [3.8, 4) is 0 Å². The highest BCUT2D eigenvalue weighted by molar-refractivity contribution is 5.29. The van der Waals surface area contributed by atoms with E-state index in [9.17, 15) is 4.39 Å². The Morgan fingerprint density at radius 2 is 1.72 bits per heavy atom. The van der Waals surface area contributed by atoms with Gasteiger partial charge in [-0.05, 0) is 0 Å². The van der Waals surface area contributed by atoms with E-state index in [4.69, 9.17) is 0 Å². The Kier molecular flexibility index (Phi) is 3.11. The van der Waals surface area contributed by atoms with Gasteiger partial charge in [0.1, 0.15) is 19.6 Å². The standard InChI is InChI=1S/C16H16FN/c17-16-12-18(10-13-6-2-1-3-7-13)11-14-8-4-5-9-15(14)16/h1-9,16H,10-12H2/p+1/t16-/m1/s1. The first-order chi connectivity index (χ1) is 8.83. The predicted octanol–water partition coefficient (Wildman–Crippen LogP) is 2.30. The summed E-state index contributed by atoms with van der Waals surface area (Å²) in [6, 6.07) is 18.2. The van der Waals surface area contributed by atoms with Gasteiger partial charge in [0, 0.05) is 16.7 Å². The largest absolute Gasteiger partial charge is 0.325 e. The van der Waals surface area contributed by atoms with Gasteiger partial charge in [-0.15, -0.1) is 0 Å². The fourth-order valence-corrected chi connectivity index (χ4v) is 2.72. The van der Waals surface area contributed by atoms with Gasteiger partial charge in [-0.1, -0.05) is 54.6 Å². The molecule has 1 nitrogen and oxygen atoms in total. The van der Waals surface area contributed by atoms with E-state index in [1.54, 1.807) is 0 Å². The third-order valence-electron chi connectivity index (χ3n) is 3.60. The van der Waals surface area contributed by atoms with E-state index in [-0.39, 0.29) is 0 Å². The molecular weight excluding hydrogens is 225 g/mol. The van der Waals surface area contributed by atoms with Crippen LogP contribution in [0.2, 0.25) is 0 Å². The molecule has 1 N–H and O–H groups in total. The Morgan fingerprint density at radius 1 is 1.00 bits per heavy atom. The topological polar surface area (TPSA) is 4.44 Å². The van der Waals surface area contributed by atoms with E-state index in [0.717, 1.165) is 24.2 Å². The van der Waals surface area contributed by atoms with Crippen molar-refractivity contribution >= 4 is 0 Å². The molecular formula is C16H17FN+. The van der Waals surface area contributed by atoms with E-state index < -0.39 is 6.17 Å². The Bertz CT molecular complexity index is 524. The number of fused-ring (bicyclic) bond motifs is 1. The second-order valence-electron chi connectivity index (χ2n) is 4.96. The Balaban J connectivity index is 1.78. The molecule has 0 radical (unpaired) electrons. The summed E-state index contributed by atoms with van der Waals surface area (Å²) in [5.74, 6) is 0. The summed E-state index contributed by atoms with van der Waals surface area (Å²) in [6.45, 7) is 2.40. The Hall–Kier alpha value is -1.67. The zero-order valence-electron chi connectivity index (χ0n) is 10.3. The van der Waals surface area contributed by atoms with Crippen molar-refractivity contribution in [3.63, 3.8) is 0 Å². The van der Waals surface area contributed by atoms with Gasteiger partial charge in [-0.2, -0.15) is 0 Å². The molecule has 0 spiro atoms. The number of hydrogen-bond donors (Lipinski definition) is 1. The third-order valence-corrected chi connectivity index (χ3v) is 3.60. The van der Waals surface area contributed by atoms with Gasteiger partial charge in [-0.25, -0.2) is 4.39 Å². The van der Waals surface area contributed by atoms with Crippen LogP contribution in [0.15, 0.2) is 54.6 Å². The van der Waals surface area contributed by atoms with Crippen molar-refractivity contribution in [2.75, 3.05) is 6.54 Å². The highest BCUT2D eigenvalue weighted by Crippen LogP contribution is 2.22. The fraction of sp³-hybridized carbons (Fsp3) is 0.250. The third kappa shape index (κ3) is 2.29. The minimum atomic E-state index is -0.825. The lowest BCUT2D eigenvalue weighted by atomic mass is 9.98. The van der Waals surface area contributed by atoms with Crippen molar-refractivity contribution in [2.45, 2.75) is 19.3 Å². The molecule has 0 amide bonds. The van der Waals surface area contributed by atoms with Crippen LogP contribution >= 0.6 is 0 Å². The second-order valence-corrected chi connectivity index (χ2v) is 4.96. The molecule has 3 rings (SSSR count). The van der Waals surface area contributed by atoms with Crippen LogP contribution in [0.25, 0.3) is 0 Å². The molecule has 0 bridgehead atoms. The summed E-state index contributed by atoms with van der Waals surface area (Å²) in [4.78, 5) is 1.30. The Labute approximate surface area is 107 Å². The molecule has 2 heteroatoms. The van der Waals surface area contributed by atoms with E-state index in [1.165, 1.54) is 10.5 Å². The van der Waals surface area contributed by atoms with Crippen LogP contribution in [0, 0.1) is 0 Å². The van der Waals surface area contributed by atoms with Gasteiger partial charge in [0.2, 0.25) is 0 Å². The molecule has 2 aromatic rings. The van der Waals surface area contributed by atoms with Crippen molar-refractivity contribution in [3.05, 3.63) is 71.3 Å². The van der Waals surface area contributed by atoms with Crippen LogP contribution in [0.5, 0.6) is 0 Å². The smallest absolute Gasteiger partial charge is 0.174 e. The maximum atomic E-state index is 14.1. The highest BCUT2D eigenvalue weighted by Gasteiger charge is 2.27. The van der Waals surface area contributed by atoms with Crippen LogP contribution < -0.4 is 4.90 Å². The molecule has 1 aliphatic rings. The molecule has 18 heavy (non-hydrogen) atoms. The molecule has 0 aromatic heterocycles. The lowest BCUT2D eigenvalue weighted by Gasteiger charge is -2.28. The quantitative estimate of drug-likeness (QED) is 0.824. The predicted molar refractivity (Wildman–Crippen MR) is 70.0 cm³/mol. The van der Waals surface area contributed by atoms with Crippen LogP contribution in [0.1, 0.15) is 22.9 Å². The molecule has 0 saturated carbocycles. The lowest BCUT2D eigenvalue weighted by Crippen LogP contribution is -3.10. The second kappa shape index (κ2) is 4.91. The average Bonchev–Trinajstić information content (AvgIpc) is 2.40. The molecule has 0 aliphatic carbocycles. The number of alkyl halides is 1. The van der Waals surface area contributed by atoms with Crippen LogP contribution in [0.3, 0.4) is 0 Å². The van der Waals surface area contributed by atoms with E-state index in [0.29, 0.717) is 6.54 Å². The molecule has 2 aromatic carbocycles. The first kappa shape index (κ1) is 11.4. The highest BCUT2D eigenvalue weighted by atomic mass is 19.1. The first-order valence-electron chi connectivity index (χ1n) is 6.42. The summed E-state index contributed by atoms with van der Waals surface area (Å²) in [5.41, 5.74) is 3.32. The average molecular weight is 242 g/mol. The molecule has 0 fully saturated rings. The fourth-order valence-electron chi connectivity index (χ4n) is 2.72. The van der Waals surface area contributed by atoms with Crippen molar-refractivity contribution in [2.24, 2.45) is 0 Å². The van der Waals surface area contributed by atoms with E-state index in [2.05, 4.69) is 12.1 Å². The summed E-state index contributed by atoms with van der Waals surface area (Å²) >= 11 is 0. The number of nitrogens with one attached hydrogen (secondary N) is 1. The zero-order valence-corrected chi connectivity index (χ0v) is 10.3. The number of halogens is 1. The van der Waals surface area contributed by atoms with Crippen LogP contribution in [0.4, 0.5) is 4.39 Å². The van der Waals surface area contributed by atoms with Gasteiger partial charge in [-0.3, -0.25) is 0 Å². The van der Waals surface area contributed by atoms with Crippen molar-refractivity contribution in [1.29, 1.82) is 0 Å². The van der Waals surface area contributed by atoms with Gasteiger partial charge in [0.25, 0.3) is 0 Å². The molecule has 1 heterocycles. The molecule has 2 atom stereocenters. The van der Waals surface area contributed by atoms with Crippen molar-refractivity contribution in [1.82, 2.24) is 0 Å². The van der Waals surface area contributed by atoms with Gasteiger partial charge < -0.3 is 4.90 Å². The zero-order chi connectivity index (χ0) is 12.4. The SMILES string of the molecule is F[C@@H]1C[NH+](Cc2ccccc2)Cc2ccccc21. The number of hydrogen-bond acceptors (Lipinski definition) is 0. The maximum absolute atomic E-state index is 14.1. The normalized spacial score (nSPS) is 22.5. The van der Waals surface area contributed by atoms with Crippen LogP contribution in [-0.4, -0.2) is 6.54 Å². The first-order valence-corrected chi connectivity index (χ1v) is 6.42. The maximum Gasteiger partial charge on any atom is 0.174 e. The van der Waals surface area contributed by atoms with Gasteiger partial charge in [0.15, 0.2) is 6.17 Å². The molecule has 92 valence electrons. The summed E-state index contributed by atoms with van der Waals surface area (Å²) < 4.78 is 14.1. The number of benzene rings is 2. The number of rotatable bonds is 2. The molecule has 1 aliphatic heterocycles. The van der Waals surface area contributed by atoms with E-state index in [1.807, 2.05) is 42.5 Å². The summed E-state index contributed by atoms with van der Waals surface area (Å²) in [5, 5.41) is 0. The summed E-state index contributed by atoms with van der Waals surface area (Å²) in [6.07, 6.45) is -0.825. The van der Waals surface area contributed by atoms with Gasteiger partial charge >= 0.3 is 0 Å². The van der Waals surface area contributed by atoms with E-state index >= 15 is 0 Å². The number of quaternary nitrogens is 1. The van der Waals surface area contributed by atoms with Gasteiger partial charge in [0.05, 0.1) is 0 Å². The van der Waals surface area contributed by atoms with Crippen LogP contribution in [-0.2, 0) is 13.1 Å². The summed E-state index contributed by atoms with van der Waals surface area (Å²) in [7, 11) is 0. The molecule has 1 unspecified atom stereocenters. The lowest BCUT2D eigenvalue weighted by molar-refractivity contribution is -0.932. The molecule has 0 saturated heterocycles. The Morgan fingerprint density at radius 3 is 2.56 bits per heavy atom.